The molecule has 5 heteroatoms. The summed E-state index contributed by atoms with van der Waals surface area (Å²) in [6.07, 6.45) is 1.84. The smallest absolute Gasteiger partial charge is 0.244 e. The van der Waals surface area contributed by atoms with Crippen LogP contribution in [0.1, 0.15) is 22.3 Å². The van der Waals surface area contributed by atoms with Gasteiger partial charge in [-0.05, 0) is 47.9 Å². The molecule has 0 unspecified atom stereocenters. The number of hydrogen-bond acceptors (Lipinski definition) is 3. The van der Waals surface area contributed by atoms with E-state index in [1.54, 1.807) is 18.3 Å². The normalized spacial score (nSPS) is 10.8. The van der Waals surface area contributed by atoms with Gasteiger partial charge in [-0.3, -0.25) is 4.79 Å². The van der Waals surface area contributed by atoms with E-state index in [1.165, 1.54) is 12.1 Å². The molecule has 0 aliphatic carbocycles. The zero-order valence-corrected chi connectivity index (χ0v) is 15.6. The summed E-state index contributed by atoms with van der Waals surface area (Å²) < 4.78 is 18.6. The number of carbonyl (C=O) groups excluding carboxylic acids is 1. The van der Waals surface area contributed by atoms with Crippen LogP contribution >= 0.6 is 0 Å². The molecule has 0 radical (unpaired) electrons. The average molecular weight is 376 g/mol. The van der Waals surface area contributed by atoms with Crippen LogP contribution in [0.15, 0.2) is 77.9 Å². The van der Waals surface area contributed by atoms with Gasteiger partial charge in [-0.15, -0.1) is 0 Å². The Bertz CT molecular complexity index is 951. The molecule has 1 N–H and O–H groups in total. The van der Waals surface area contributed by atoms with Gasteiger partial charge in [0.15, 0.2) is 0 Å². The lowest BCUT2D eigenvalue weighted by Gasteiger charge is -2.07. The third kappa shape index (κ3) is 6.06. The van der Waals surface area contributed by atoms with Crippen LogP contribution in [0.4, 0.5) is 4.39 Å². The Morgan fingerprint density at radius 1 is 1.04 bits per heavy atom. The Labute approximate surface area is 163 Å². The highest BCUT2D eigenvalue weighted by Gasteiger charge is 2.02. The summed E-state index contributed by atoms with van der Waals surface area (Å²) in [6, 6.07) is 21.3. The van der Waals surface area contributed by atoms with Gasteiger partial charge in [-0.2, -0.15) is 5.10 Å². The van der Waals surface area contributed by atoms with Crippen molar-refractivity contribution in [3.63, 3.8) is 0 Å². The second kappa shape index (κ2) is 9.46. The van der Waals surface area contributed by atoms with E-state index < -0.39 is 0 Å². The van der Waals surface area contributed by atoms with Gasteiger partial charge < -0.3 is 4.74 Å². The predicted molar refractivity (Wildman–Crippen MR) is 108 cm³/mol. The number of benzene rings is 3. The molecule has 4 nitrogen and oxygen atoms in total. The largest absolute Gasteiger partial charge is 0.489 e. The molecular weight excluding hydrogens is 355 g/mol. The van der Waals surface area contributed by atoms with Crippen molar-refractivity contribution in [1.29, 1.82) is 0 Å². The quantitative estimate of drug-likeness (QED) is 0.491. The first-order chi connectivity index (χ1) is 13.6. The summed E-state index contributed by atoms with van der Waals surface area (Å²) in [6.45, 7) is 2.35. The number of halogens is 1. The minimum absolute atomic E-state index is 0.177. The van der Waals surface area contributed by atoms with Crippen molar-refractivity contribution >= 4 is 12.1 Å². The number of hydrogen-bond donors (Lipinski definition) is 1. The maximum Gasteiger partial charge on any atom is 0.244 e. The van der Waals surface area contributed by atoms with E-state index in [2.05, 4.69) is 10.5 Å². The predicted octanol–water partition coefficient (Wildman–Crippen LogP) is 4.41. The first kappa shape index (κ1) is 19.3. The number of hydrazone groups is 1. The first-order valence-corrected chi connectivity index (χ1v) is 8.93. The molecule has 0 fully saturated rings. The number of aryl methyl sites for hydroxylation is 1. The molecule has 3 aromatic carbocycles. The first-order valence-electron chi connectivity index (χ1n) is 8.93. The van der Waals surface area contributed by atoms with Crippen LogP contribution in [-0.4, -0.2) is 12.1 Å². The van der Waals surface area contributed by atoms with Crippen LogP contribution < -0.4 is 10.2 Å². The van der Waals surface area contributed by atoms with Gasteiger partial charge in [0.2, 0.25) is 5.91 Å². The fraction of sp³-hybridized carbons (Fsp3) is 0.130. The highest BCUT2D eigenvalue weighted by molar-refractivity contribution is 5.83. The number of rotatable bonds is 7. The lowest BCUT2D eigenvalue weighted by atomic mass is 10.1. The van der Waals surface area contributed by atoms with E-state index in [0.29, 0.717) is 12.4 Å². The summed E-state index contributed by atoms with van der Waals surface area (Å²) >= 11 is 0. The zero-order valence-electron chi connectivity index (χ0n) is 15.6. The van der Waals surface area contributed by atoms with E-state index >= 15 is 0 Å². The van der Waals surface area contributed by atoms with Crippen LogP contribution in [0.25, 0.3) is 0 Å². The van der Waals surface area contributed by atoms with Gasteiger partial charge in [0.1, 0.15) is 18.2 Å². The molecule has 0 saturated carbocycles. The van der Waals surface area contributed by atoms with E-state index in [4.69, 9.17) is 4.74 Å². The Morgan fingerprint density at radius 2 is 1.75 bits per heavy atom. The number of ether oxygens (including phenoxy) is 1. The minimum Gasteiger partial charge on any atom is -0.489 e. The fourth-order valence-corrected chi connectivity index (χ4v) is 2.54. The standard InChI is InChI=1S/C23H21FN2O2/c1-17-5-7-18(8-6-17)14-23(27)26-25-15-20-3-2-4-22(13-20)28-16-19-9-11-21(24)12-10-19/h2-13,15H,14,16H2,1H3,(H,26,27)/b25-15-. The van der Waals surface area contributed by atoms with Crippen molar-refractivity contribution in [3.8, 4) is 5.75 Å². The van der Waals surface area contributed by atoms with Crippen molar-refractivity contribution in [3.05, 3.63) is 101 Å². The lowest BCUT2D eigenvalue weighted by molar-refractivity contribution is -0.120. The van der Waals surface area contributed by atoms with Gasteiger partial charge >= 0.3 is 0 Å². The molecule has 0 aliphatic rings. The maximum absolute atomic E-state index is 12.9. The SMILES string of the molecule is Cc1ccc(CC(=O)N/N=C\c2cccc(OCc3ccc(F)cc3)c2)cc1. The summed E-state index contributed by atoms with van der Waals surface area (Å²) in [5, 5.41) is 4.00. The monoisotopic (exact) mass is 376 g/mol. The Hall–Kier alpha value is -3.47. The van der Waals surface area contributed by atoms with Crippen LogP contribution in [0.3, 0.4) is 0 Å². The Kier molecular flexibility index (Phi) is 6.52. The number of amides is 1. The van der Waals surface area contributed by atoms with Gasteiger partial charge in [0, 0.05) is 0 Å². The lowest BCUT2D eigenvalue weighted by Crippen LogP contribution is -2.19. The number of carbonyl (C=O) groups is 1. The molecule has 3 aromatic rings. The molecular formula is C23H21FN2O2. The zero-order chi connectivity index (χ0) is 19.8. The average Bonchev–Trinajstić information content (AvgIpc) is 2.70. The molecule has 0 bridgehead atoms. The molecule has 0 atom stereocenters. The molecule has 0 saturated heterocycles. The van der Waals surface area contributed by atoms with Gasteiger partial charge in [0.05, 0.1) is 12.6 Å². The van der Waals surface area contributed by atoms with Crippen LogP contribution in [0, 0.1) is 12.7 Å². The molecule has 1 amide bonds. The topological polar surface area (TPSA) is 50.7 Å². The number of nitrogens with zero attached hydrogens (tertiary/aromatic N) is 1. The van der Waals surface area contributed by atoms with E-state index in [-0.39, 0.29) is 18.1 Å². The van der Waals surface area contributed by atoms with Gasteiger partial charge in [-0.25, -0.2) is 9.82 Å². The summed E-state index contributed by atoms with van der Waals surface area (Å²) in [5.74, 6) is 0.217. The van der Waals surface area contributed by atoms with E-state index in [0.717, 1.165) is 22.3 Å². The van der Waals surface area contributed by atoms with Crippen LogP contribution in [0.2, 0.25) is 0 Å². The maximum atomic E-state index is 12.9. The molecule has 0 heterocycles. The van der Waals surface area contributed by atoms with Crippen LogP contribution in [0.5, 0.6) is 5.75 Å². The molecule has 0 aromatic heterocycles. The van der Waals surface area contributed by atoms with Gasteiger partial charge in [-0.1, -0.05) is 54.1 Å². The van der Waals surface area contributed by atoms with Crippen molar-refractivity contribution in [1.82, 2.24) is 5.43 Å². The highest BCUT2D eigenvalue weighted by Crippen LogP contribution is 2.14. The third-order valence-electron chi connectivity index (χ3n) is 4.07. The second-order valence-corrected chi connectivity index (χ2v) is 6.44. The van der Waals surface area contributed by atoms with Crippen molar-refractivity contribution < 1.29 is 13.9 Å². The Morgan fingerprint density at radius 3 is 2.50 bits per heavy atom. The molecule has 142 valence electrons. The van der Waals surface area contributed by atoms with E-state index in [1.807, 2.05) is 55.5 Å². The van der Waals surface area contributed by atoms with Crippen molar-refractivity contribution in [2.24, 2.45) is 5.10 Å². The summed E-state index contributed by atoms with van der Waals surface area (Å²) in [5.41, 5.74) is 6.30. The summed E-state index contributed by atoms with van der Waals surface area (Å²) in [4.78, 5) is 12.0. The van der Waals surface area contributed by atoms with Gasteiger partial charge in [0.25, 0.3) is 0 Å². The number of nitrogens with one attached hydrogen (secondary N) is 1. The summed E-state index contributed by atoms with van der Waals surface area (Å²) in [7, 11) is 0. The highest BCUT2D eigenvalue weighted by atomic mass is 19.1. The molecule has 28 heavy (non-hydrogen) atoms. The minimum atomic E-state index is -0.272. The van der Waals surface area contributed by atoms with Crippen molar-refractivity contribution in [2.45, 2.75) is 20.0 Å². The molecule has 3 rings (SSSR count). The van der Waals surface area contributed by atoms with Crippen LogP contribution in [-0.2, 0) is 17.8 Å². The second-order valence-electron chi connectivity index (χ2n) is 6.44. The molecule has 0 spiro atoms. The Balaban J connectivity index is 1.51. The van der Waals surface area contributed by atoms with Crippen molar-refractivity contribution in [2.75, 3.05) is 0 Å². The van der Waals surface area contributed by atoms with E-state index in [9.17, 15) is 9.18 Å². The fourth-order valence-electron chi connectivity index (χ4n) is 2.54. The molecule has 0 aliphatic heterocycles. The third-order valence-corrected chi connectivity index (χ3v) is 4.07.